The fourth-order valence-corrected chi connectivity index (χ4v) is 2.85. The Bertz CT molecular complexity index is 657. The lowest BCUT2D eigenvalue weighted by molar-refractivity contribution is -0.132. The molecule has 2 aromatic carbocycles. The highest BCUT2D eigenvalue weighted by atomic mass is 16.5. The molecule has 0 aromatic heterocycles. The van der Waals surface area contributed by atoms with Crippen molar-refractivity contribution >= 4 is 5.91 Å². The number of carbonyl (C=O) groups excluding carboxylic acids is 1. The van der Waals surface area contributed by atoms with Crippen molar-refractivity contribution in [2.24, 2.45) is 5.73 Å². The van der Waals surface area contributed by atoms with Gasteiger partial charge in [0.25, 0.3) is 5.91 Å². The van der Waals surface area contributed by atoms with Crippen LogP contribution in [0.2, 0.25) is 0 Å². The minimum absolute atomic E-state index is 0.00691. The van der Waals surface area contributed by atoms with Crippen LogP contribution < -0.4 is 10.5 Å². The van der Waals surface area contributed by atoms with Crippen LogP contribution in [0.3, 0.4) is 0 Å². The predicted octanol–water partition coefficient (Wildman–Crippen LogP) is 2.22. The summed E-state index contributed by atoms with van der Waals surface area (Å²) in [5, 5.41) is 0. The molecule has 1 aliphatic rings. The lowest BCUT2D eigenvalue weighted by atomic mass is 10.0. The van der Waals surface area contributed by atoms with E-state index < -0.39 is 0 Å². The van der Waals surface area contributed by atoms with Crippen LogP contribution in [0.25, 0.3) is 0 Å². The largest absolute Gasteiger partial charge is 0.483 e. The van der Waals surface area contributed by atoms with Crippen LogP contribution in [0.4, 0.5) is 0 Å². The average molecular weight is 310 g/mol. The Morgan fingerprint density at radius 1 is 1.13 bits per heavy atom. The molecule has 4 nitrogen and oxygen atoms in total. The Morgan fingerprint density at radius 3 is 2.61 bits per heavy atom. The van der Waals surface area contributed by atoms with Crippen molar-refractivity contribution in [3.05, 3.63) is 65.7 Å². The van der Waals surface area contributed by atoms with Crippen molar-refractivity contribution in [1.29, 1.82) is 0 Å². The van der Waals surface area contributed by atoms with Crippen LogP contribution in [-0.4, -0.2) is 36.5 Å². The number of ether oxygens (including phenoxy) is 1. The van der Waals surface area contributed by atoms with Gasteiger partial charge in [-0.05, 0) is 23.6 Å². The molecule has 0 radical (unpaired) electrons. The van der Waals surface area contributed by atoms with E-state index in [-0.39, 0.29) is 18.6 Å². The maximum atomic E-state index is 12.2. The fraction of sp³-hybridized carbons (Fsp3) is 0.316. The molecule has 1 atom stereocenters. The van der Waals surface area contributed by atoms with E-state index in [1.807, 2.05) is 42.5 Å². The van der Waals surface area contributed by atoms with Crippen LogP contribution in [0.15, 0.2) is 54.6 Å². The molecule has 120 valence electrons. The van der Waals surface area contributed by atoms with Gasteiger partial charge in [-0.15, -0.1) is 0 Å². The number of benzene rings is 2. The number of nitrogens with zero attached hydrogens (tertiary/aromatic N) is 1. The standard InChI is InChI=1S/C19H22N2O2/c20-17-10-11-21(13-17)19(22)14-23-18-9-5-4-8-16(18)12-15-6-2-1-3-7-15/h1-9,17H,10-14,20H2/t17-/m0/s1. The van der Waals surface area contributed by atoms with E-state index >= 15 is 0 Å². The van der Waals surface area contributed by atoms with Gasteiger partial charge in [0.1, 0.15) is 5.75 Å². The first-order valence-electron chi connectivity index (χ1n) is 8.00. The minimum Gasteiger partial charge on any atom is -0.483 e. The normalized spacial score (nSPS) is 17.3. The highest BCUT2D eigenvalue weighted by Crippen LogP contribution is 2.21. The topological polar surface area (TPSA) is 55.6 Å². The molecule has 1 saturated heterocycles. The van der Waals surface area contributed by atoms with Crippen molar-refractivity contribution in [2.75, 3.05) is 19.7 Å². The zero-order chi connectivity index (χ0) is 16.1. The minimum atomic E-state index is 0.00691. The Labute approximate surface area is 136 Å². The molecule has 0 bridgehead atoms. The number of hydrogen-bond acceptors (Lipinski definition) is 3. The Balaban J connectivity index is 1.63. The van der Waals surface area contributed by atoms with Gasteiger partial charge in [-0.3, -0.25) is 4.79 Å². The number of nitrogens with two attached hydrogens (primary N) is 1. The first-order valence-corrected chi connectivity index (χ1v) is 8.00. The summed E-state index contributed by atoms with van der Waals surface area (Å²) in [6.07, 6.45) is 1.66. The second-order valence-electron chi connectivity index (χ2n) is 5.95. The van der Waals surface area contributed by atoms with E-state index in [4.69, 9.17) is 10.5 Å². The number of hydrogen-bond donors (Lipinski definition) is 1. The SMILES string of the molecule is N[C@H]1CCN(C(=O)COc2ccccc2Cc2ccccc2)C1. The van der Waals surface area contributed by atoms with E-state index in [2.05, 4.69) is 12.1 Å². The molecular formula is C19H22N2O2. The third-order valence-electron chi connectivity index (χ3n) is 4.14. The van der Waals surface area contributed by atoms with Gasteiger partial charge in [0.15, 0.2) is 6.61 Å². The average Bonchev–Trinajstić information content (AvgIpc) is 3.01. The van der Waals surface area contributed by atoms with Crippen molar-refractivity contribution < 1.29 is 9.53 Å². The number of para-hydroxylation sites is 1. The molecule has 1 fully saturated rings. The summed E-state index contributed by atoms with van der Waals surface area (Å²) in [6, 6.07) is 18.2. The summed E-state index contributed by atoms with van der Waals surface area (Å²) in [5.41, 5.74) is 8.16. The van der Waals surface area contributed by atoms with Gasteiger partial charge in [0.2, 0.25) is 0 Å². The van der Waals surface area contributed by atoms with E-state index in [1.54, 1.807) is 4.90 Å². The van der Waals surface area contributed by atoms with Crippen molar-refractivity contribution in [3.63, 3.8) is 0 Å². The van der Waals surface area contributed by atoms with Gasteiger partial charge in [-0.25, -0.2) is 0 Å². The second kappa shape index (κ2) is 7.29. The quantitative estimate of drug-likeness (QED) is 0.921. The lowest BCUT2D eigenvalue weighted by Gasteiger charge is -2.17. The molecule has 2 aromatic rings. The van der Waals surface area contributed by atoms with Gasteiger partial charge in [0, 0.05) is 25.6 Å². The zero-order valence-electron chi connectivity index (χ0n) is 13.2. The van der Waals surface area contributed by atoms with Crippen LogP contribution in [0.5, 0.6) is 5.75 Å². The molecule has 2 N–H and O–H groups in total. The third kappa shape index (κ3) is 4.11. The maximum absolute atomic E-state index is 12.2. The van der Waals surface area contributed by atoms with Crippen LogP contribution in [0, 0.1) is 0 Å². The summed E-state index contributed by atoms with van der Waals surface area (Å²) in [4.78, 5) is 14.0. The summed E-state index contributed by atoms with van der Waals surface area (Å²) >= 11 is 0. The Morgan fingerprint density at radius 2 is 1.87 bits per heavy atom. The van der Waals surface area contributed by atoms with Crippen molar-refractivity contribution in [1.82, 2.24) is 4.90 Å². The van der Waals surface area contributed by atoms with E-state index in [0.29, 0.717) is 6.54 Å². The molecule has 0 saturated carbocycles. The predicted molar refractivity (Wildman–Crippen MR) is 90.4 cm³/mol. The van der Waals surface area contributed by atoms with Crippen LogP contribution in [-0.2, 0) is 11.2 Å². The second-order valence-corrected chi connectivity index (χ2v) is 5.95. The molecule has 23 heavy (non-hydrogen) atoms. The molecular weight excluding hydrogens is 288 g/mol. The molecule has 3 rings (SSSR count). The Kier molecular flexibility index (Phi) is 4.93. The first-order chi connectivity index (χ1) is 11.2. The third-order valence-corrected chi connectivity index (χ3v) is 4.14. The maximum Gasteiger partial charge on any atom is 0.260 e. The molecule has 0 unspecified atom stereocenters. The smallest absolute Gasteiger partial charge is 0.260 e. The van der Waals surface area contributed by atoms with Gasteiger partial charge in [-0.2, -0.15) is 0 Å². The molecule has 1 aliphatic heterocycles. The highest BCUT2D eigenvalue weighted by Gasteiger charge is 2.23. The van der Waals surface area contributed by atoms with Crippen LogP contribution >= 0.6 is 0 Å². The molecule has 1 amide bonds. The summed E-state index contributed by atoms with van der Waals surface area (Å²) in [7, 11) is 0. The van der Waals surface area contributed by atoms with Gasteiger partial charge >= 0.3 is 0 Å². The van der Waals surface area contributed by atoms with Crippen molar-refractivity contribution in [3.8, 4) is 5.75 Å². The summed E-state index contributed by atoms with van der Waals surface area (Å²) in [5.74, 6) is 0.778. The van der Waals surface area contributed by atoms with Crippen LogP contribution in [0.1, 0.15) is 17.5 Å². The number of amides is 1. The number of rotatable bonds is 5. The van der Waals surface area contributed by atoms with Gasteiger partial charge < -0.3 is 15.4 Å². The number of carbonyl (C=O) groups is 1. The highest BCUT2D eigenvalue weighted by molar-refractivity contribution is 5.78. The van der Waals surface area contributed by atoms with Crippen molar-refractivity contribution in [2.45, 2.75) is 18.9 Å². The zero-order valence-corrected chi connectivity index (χ0v) is 13.2. The van der Waals surface area contributed by atoms with E-state index in [0.717, 1.165) is 30.7 Å². The Hall–Kier alpha value is -2.33. The lowest BCUT2D eigenvalue weighted by Crippen LogP contribution is -2.35. The fourth-order valence-electron chi connectivity index (χ4n) is 2.85. The van der Waals surface area contributed by atoms with E-state index in [9.17, 15) is 4.79 Å². The summed E-state index contributed by atoms with van der Waals surface area (Å²) in [6.45, 7) is 1.43. The van der Waals surface area contributed by atoms with Gasteiger partial charge in [-0.1, -0.05) is 48.5 Å². The first kappa shape index (κ1) is 15.6. The monoisotopic (exact) mass is 310 g/mol. The molecule has 0 aliphatic carbocycles. The molecule has 4 heteroatoms. The number of likely N-dealkylation sites (tertiary alicyclic amines) is 1. The molecule has 0 spiro atoms. The van der Waals surface area contributed by atoms with E-state index in [1.165, 1.54) is 5.56 Å². The molecule has 1 heterocycles. The van der Waals surface area contributed by atoms with Gasteiger partial charge in [0.05, 0.1) is 0 Å². The summed E-state index contributed by atoms with van der Waals surface area (Å²) < 4.78 is 5.79.